The Morgan fingerprint density at radius 3 is 2.64 bits per heavy atom. The van der Waals surface area contributed by atoms with Crippen molar-refractivity contribution in [2.45, 2.75) is 38.3 Å². The van der Waals surface area contributed by atoms with Gasteiger partial charge < -0.3 is 9.64 Å². The fraction of sp³-hybridized carbons (Fsp3) is 0.400. The van der Waals surface area contributed by atoms with Crippen LogP contribution in [0.25, 0.3) is 5.57 Å². The van der Waals surface area contributed by atoms with Crippen LogP contribution in [0.5, 0.6) is 5.75 Å². The zero-order valence-electron chi connectivity index (χ0n) is 16.0. The molecule has 1 aromatic carbocycles. The molecular weight excluding hydrogens is 371 g/mol. The number of methoxy groups -OCH3 is 1. The van der Waals surface area contributed by atoms with Gasteiger partial charge in [-0.05, 0) is 43.0 Å². The van der Waals surface area contributed by atoms with Crippen LogP contribution in [0.4, 0.5) is 13.2 Å². The monoisotopic (exact) mass is 393 g/mol. The Balaban J connectivity index is 1.96. The van der Waals surface area contributed by atoms with Crippen LogP contribution >= 0.6 is 0 Å². The summed E-state index contributed by atoms with van der Waals surface area (Å²) >= 11 is 0. The quantitative estimate of drug-likeness (QED) is 0.708. The summed E-state index contributed by atoms with van der Waals surface area (Å²) in [5.74, 6) is -1.22. The normalized spacial score (nSPS) is 14.8. The van der Waals surface area contributed by atoms with Gasteiger partial charge in [0.1, 0.15) is 17.0 Å². The van der Waals surface area contributed by atoms with E-state index in [9.17, 15) is 18.0 Å². The first-order valence-electron chi connectivity index (χ1n) is 8.92. The van der Waals surface area contributed by atoms with E-state index in [0.717, 1.165) is 18.4 Å². The molecule has 0 bridgehead atoms. The molecule has 8 heteroatoms. The lowest BCUT2D eigenvalue weighted by atomic mass is 9.99. The number of hydrogen-bond acceptors (Lipinski definition) is 3. The molecule has 150 valence electrons. The van der Waals surface area contributed by atoms with Crippen molar-refractivity contribution >= 4 is 11.5 Å². The van der Waals surface area contributed by atoms with Crippen LogP contribution in [0.15, 0.2) is 30.8 Å². The van der Waals surface area contributed by atoms with E-state index in [-0.39, 0.29) is 6.04 Å². The molecule has 1 fully saturated rings. The fourth-order valence-corrected chi connectivity index (χ4v) is 3.25. The van der Waals surface area contributed by atoms with Gasteiger partial charge >= 0.3 is 0 Å². The van der Waals surface area contributed by atoms with Crippen LogP contribution in [-0.2, 0) is 7.05 Å². The van der Waals surface area contributed by atoms with Gasteiger partial charge in [0, 0.05) is 13.1 Å². The maximum atomic E-state index is 14.4. The summed E-state index contributed by atoms with van der Waals surface area (Å²) in [6.07, 6.45) is -1.59. The smallest absolute Gasteiger partial charge is 0.283 e. The molecule has 0 radical (unpaired) electrons. The molecule has 1 saturated carbocycles. The predicted octanol–water partition coefficient (Wildman–Crippen LogP) is 4.21. The Morgan fingerprint density at radius 1 is 1.39 bits per heavy atom. The molecule has 1 atom stereocenters. The van der Waals surface area contributed by atoms with Crippen molar-refractivity contribution in [3.8, 4) is 5.75 Å². The highest BCUT2D eigenvalue weighted by Gasteiger charge is 2.41. The molecular formula is C20H22F3N3O2. The third-order valence-corrected chi connectivity index (χ3v) is 4.96. The number of ether oxygens (including phenoxy) is 1. The zero-order chi connectivity index (χ0) is 20.6. The van der Waals surface area contributed by atoms with Crippen LogP contribution in [0.2, 0.25) is 0 Å². The lowest BCUT2D eigenvalue weighted by Gasteiger charge is -2.31. The summed E-state index contributed by atoms with van der Waals surface area (Å²) in [5, 5.41) is 3.48. The largest absolute Gasteiger partial charge is 0.497 e. The molecule has 1 aliphatic rings. The number of carbonyl (C=O) groups is 1. The molecule has 1 amide bonds. The Labute approximate surface area is 161 Å². The number of carbonyl (C=O) groups excluding carboxylic acids is 1. The molecule has 28 heavy (non-hydrogen) atoms. The first-order chi connectivity index (χ1) is 13.3. The third kappa shape index (κ3) is 3.63. The summed E-state index contributed by atoms with van der Waals surface area (Å²) in [5.41, 5.74) is -0.141. The summed E-state index contributed by atoms with van der Waals surface area (Å²) in [7, 11) is 2.74. The summed E-state index contributed by atoms with van der Waals surface area (Å²) in [4.78, 5) is 14.6. The van der Waals surface area contributed by atoms with E-state index in [1.54, 1.807) is 32.2 Å². The van der Waals surface area contributed by atoms with Gasteiger partial charge in [-0.3, -0.25) is 4.79 Å². The molecule has 0 N–H and O–H groups in total. The van der Waals surface area contributed by atoms with Gasteiger partial charge in [0.05, 0.1) is 13.2 Å². The number of amides is 1. The lowest BCUT2D eigenvalue weighted by molar-refractivity contribution is 0.0698. The Hall–Kier alpha value is -2.77. The Kier molecular flexibility index (Phi) is 5.49. The minimum Gasteiger partial charge on any atom is -0.497 e. The molecule has 3 rings (SSSR count). The van der Waals surface area contributed by atoms with Gasteiger partial charge in [-0.25, -0.2) is 13.5 Å². The van der Waals surface area contributed by atoms with Gasteiger partial charge in [-0.2, -0.15) is 9.49 Å². The minimum absolute atomic E-state index is 0.144. The van der Waals surface area contributed by atoms with E-state index >= 15 is 0 Å². The van der Waals surface area contributed by atoms with E-state index in [2.05, 4.69) is 11.7 Å². The van der Waals surface area contributed by atoms with Crippen molar-refractivity contribution < 1.29 is 22.7 Å². The molecule has 0 aliphatic heterocycles. The summed E-state index contributed by atoms with van der Waals surface area (Å²) in [6.45, 7) is 5.84. The third-order valence-electron chi connectivity index (χ3n) is 4.96. The second-order valence-corrected chi connectivity index (χ2v) is 6.85. The van der Waals surface area contributed by atoms with Crippen LogP contribution in [0.3, 0.4) is 0 Å². The maximum Gasteiger partial charge on any atom is 0.283 e. The number of hydrogen-bond donors (Lipinski definition) is 0. The van der Waals surface area contributed by atoms with Gasteiger partial charge in [-0.15, -0.1) is 0 Å². The van der Waals surface area contributed by atoms with Crippen molar-refractivity contribution in [1.29, 1.82) is 0 Å². The van der Waals surface area contributed by atoms with Crippen LogP contribution in [-0.4, -0.2) is 39.8 Å². The molecule has 0 saturated heterocycles. The SMILES string of the molecule is C=C(c1cccc(OC)c1)C(C)N(C(=O)c1c(C(F)F)nn(C)c1F)C1CC1. The maximum absolute atomic E-state index is 14.4. The highest BCUT2D eigenvalue weighted by Crippen LogP contribution is 2.36. The molecule has 5 nitrogen and oxygen atoms in total. The number of nitrogens with zero attached hydrogens (tertiary/aromatic N) is 3. The predicted molar refractivity (Wildman–Crippen MR) is 98.8 cm³/mol. The van der Waals surface area contributed by atoms with Crippen molar-refractivity contribution in [2.75, 3.05) is 7.11 Å². The van der Waals surface area contributed by atoms with Gasteiger partial charge in [0.25, 0.3) is 12.3 Å². The zero-order valence-corrected chi connectivity index (χ0v) is 16.0. The number of alkyl halides is 2. The summed E-state index contributed by atoms with van der Waals surface area (Å²) < 4.78 is 47.0. The van der Waals surface area contributed by atoms with Crippen LogP contribution < -0.4 is 4.74 Å². The van der Waals surface area contributed by atoms with E-state index in [1.807, 2.05) is 6.07 Å². The van der Waals surface area contributed by atoms with Crippen molar-refractivity contribution in [3.63, 3.8) is 0 Å². The highest BCUT2D eigenvalue weighted by atomic mass is 19.3. The van der Waals surface area contributed by atoms with Gasteiger partial charge in [-0.1, -0.05) is 18.7 Å². The van der Waals surface area contributed by atoms with Crippen LogP contribution in [0.1, 0.15) is 47.8 Å². The minimum atomic E-state index is -3.05. The fourth-order valence-electron chi connectivity index (χ4n) is 3.25. The van der Waals surface area contributed by atoms with E-state index < -0.39 is 35.6 Å². The Bertz CT molecular complexity index is 906. The average Bonchev–Trinajstić information content (AvgIpc) is 3.46. The van der Waals surface area contributed by atoms with E-state index in [4.69, 9.17) is 4.74 Å². The first kappa shape index (κ1) is 20.0. The molecule has 1 aliphatic carbocycles. The average molecular weight is 393 g/mol. The number of aromatic nitrogens is 2. The van der Waals surface area contributed by atoms with Crippen molar-refractivity contribution in [1.82, 2.24) is 14.7 Å². The molecule has 0 spiro atoms. The van der Waals surface area contributed by atoms with Gasteiger partial charge in [0.15, 0.2) is 0 Å². The highest BCUT2D eigenvalue weighted by molar-refractivity contribution is 5.97. The molecule has 1 unspecified atom stereocenters. The van der Waals surface area contributed by atoms with Crippen molar-refractivity contribution in [2.24, 2.45) is 7.05 Å². The number of halogens is 3. The lowest BCUT2D eigenvalue weighted by Crippen LogP contribution is -2.41. The second-order valence-electron chi connectivity index (χ2n) is 6.85. The van der Waals surface area contributed by atoms with Gasteiger partial charge in [0.2, 0.25) is 5.95 Å². The Morgan fingerprint density at radius 2 is 2.07 bits per heavy atom. The molecule has 1 heterocycles. The second kappa shape index (κ2) is 7.69. The van der Waals surface area contributed by atoms with Crippen molar-refractivity contribution in [3.05, 3.63) is 53.6 Å². The first-order valence-corrected chi connectivity index (χ1v) is 8.92. The standard InChI is InChI=1S/C20H22F3N3O2/c1-11(13-6-5-7-15(10-13)28-4)12(2)26(14-8-9-14)20(27)16-17(18(21)22)24-25(3)19(16)23/h5-7,10,12,14,18H,1,8-9H2,2-4H3. The number of aryl methyl sites for hydroxylation is 1. The number of benzene rings is 1. The topological polar surface area (TPSA) is 47.4 Å². The van der Waals surface area contributed by atoms with Crippen LogP contribution in [0, 0.1) is 5.95 Å². The van der Waals surface area contributed by atoms with E-state index in [0.29, 0.717) is 16.0 Å². The van der Waals surface area contributed by atoms with E-state index in [1.165, 1.54) is 11.9 Å². The molecule has 1 aromatic heterocycles. The number of rotatable bonds is 7. The molecule has 2 aromatic rings. The summed E-state index contributed by atoms with van der Waals surface area (Å²) in [6, 6.07) is 6.53.